The van der Waals surface area contributed by atoms with E-state index in [4.69, 9.17) is 14.6 Å². The van der Waals surface area contributed by atoms with Gasteiger partial charge in [0, 0.05) is 30.6 Å². The van der Waals surface area contributed by atoms with Crippen molar-refractivity contribution in [1.82, 2.24) is 20.1 Å². The van der Waals surface area contributed by atoms with Crippen LogP contribution in [0, 0.1) is 0 Å². The van der Waals surface area contributed by atoms with Crippen LogP contribution in [0.1, 0.15) is 29.7 Å². The van der Waals surface area contributed by atoms with Gasteiger partial charge in [-0.3, -0.25) is 0 Å². The largest absolute Gasteiger partial charge is 0.490 e. The first kappa shape index (κ1) is 24.3. The second kappa shape index (κ2) is 10.8. The third-order valence-electron chi connectivity index (χ3n) is 4.27. The number of benzene rings is 1. The number of aliphatic hydroxyl groups excluding tert-OH is 1. The van der Waals surface area contributed by atoms with Gasteiger partial charge in [0.25, 0.3) is 0 Å². The van der Waals surface area contributed by atoms with Crippen LogP contribution in [-0.4, -0.2) is 56.8 Å². The molecule has 1 unspecified atom stereocenters. The van der Waals surface area contributed by atoms with Crippen LogP contribution in [0.5, 0.6) is 0 Å². The minimum absolute atomic E-state index is 0.296. The smallest absolute Gasteiger partial charge is 0.475 e. The second-order valence-electron chi connectivity index (χ2n) is 6.57. The average molecular weight is 495 g/mol. The number of rotatable bonds is 6. The number of nitrogens with zero attached hydrogens (tertiary/aromatic N) is 3. The van der Waals surface area contributed by atoms with Crippen molar-refractivity contribution >= 4 is 21.9 Å². The molecular weight excluding hydrogens is 473 g/mol. The molecule has 0 spiro atoms. The summed E-state index contributed by atoms with van der Waals surface area (Å²) < 4.78 is 39.8. The summed E-state index contributed by atoms with van der Waals surface area (Å²) >= 11 is 3.40. The van der Waals surface area contributed by atoms with Gasteiger partial charge in [0.1, 0.15) is 12.4 Å². The lowest BCUT2D eigenvalue weighted by atomic mass is 10.1. The number of fused-ring (bicyclic) bond motifs is 1. The van der Waals surface area contributed by atoms with E-state index in [1.54, 1.807) is 7.11 Å². The Bertz CT molecular complexity index is 830. The lowest BCUT2D eigenvalue weighted by Crippen LogP contribution is -2.39. The van der Waals surface area contributed by atoms with Gasteiger partial charge < -0.3 is 20.3 Å². The zero-order valence-electron chi connectivity index (χ0n) is 16.1. The number of methoxy groups -OCH3 is 1. The van der Waals surface area contributed by atoms with Gasteiger partial charge in [-0.1, -0.05) is 28.1 Å². The summed E-state index contributed by atoms with van der Waals surface area (Å²) in [5.41, 5.74) is 0.917. The van der Waals surface area contributed by atoms with Crippen LogP contribution in [0.2, 0.25) is 0 Å². The summed E-state index contributed by atoms with van der Waals surface area (Å²) in [4.78, 5) is 13.4. The zero-order valence-corrected chi connectivity index (χ0v) is 17.7. The first-order valence-corrected chi connectivity index (χ1v) is 9.78. The van der Waals surface area contributed by atoms with E-state index in [9.17, 15) is 18.3 Å². The molecule has 8 nitrogen and oxygen atoms in total. The maximum absolute atomic E-state index is 10.6. The first-order chi connectivity index (χ1) is 14.1. The van der Waals surface area contributed by atoms with Crippen molar-refractivity contribution in [3.63, 3.8) is 0 Å². The third kappa shape index (κ3) is 7.35. The summed E-state index contributed by atoms with van der Waals surface area (Å²) in [5.74, 6) is -1.01. The highest BCUT2D eigenvalue weighted by Crippen LogP contribution is 2.18. The van der Waals surface area contributed by atoms with E-state index in [1.165, 1.54) is 0 Å². The SMILES string of the molecule is COCc1nc2n(n1)CC(NC[C@@H](O)c1ccc(Br)cc1)CC2.O=C(O)C(F)(F)F. The Kier molecular flexibility index (Phi) is 8.77. The van der Waals surface area contributed by atoms with E-state index < -0.39 is 18.2 Å². The molecule has 0 bridgehead atoms. The molecule has 0 amide bonds. The molecule has 0 aliphatic carbocycles. The molecule has 3 N–H and O–H groups in total. The molecule has 2 atom stereocenters. The van der Waals surface area contributed by atoms with Gasteiger partial charge in [0.2, 0.25) is 0 Å². The molecule has 3 rings (SSSR count). The number of ether oxygens (including phenoxy) is 1. The highest BCUT2D eigenvalue weighted by molar-refractivity contribution is 9.10. The normalized spacial score (nSPS) is 16.9. The van der Waals surface area contributed by atoms with Gasteiger partial charge in [-0.2, -0.15) is 18.3 Å². The number of aliphatic carboxylic acids is 1. The van der Waals surface area contributed by atoms with Crippen LogP contribution >= 0.6 is 15.9 Å². The Morgan fingerprint density at radius 1 is 1.40 bits per heavy atom. The minimum Gasteiger partial charge on any atom is -0.475 e. The third-order valence-corrected chi connectivity index (χ3v) is 4.80. The van der Waals surface area contributed by atoms with Crippen molar-refractivity contribution in [3.05, 3.63) is 46.0 Å². The van der Waals surface area contributed by atoms with Gasteiger partial charge in [-0.25, -0.2) is 14.5 Å². The zero-order chi connectivity index (χ0) is 22.3. The number of carboxylic acid groups (broad SMARTS) is 1. The number of aromatic nitrogens is 3. The van der Waals surface area contributed by atoms with Crippen LogP contribution in [0.15, 0.2) is 28.7 Å². The molecule has 2 aromatic rings. The van der Waals surface area contributed by atoms with E-state index in [1.807, 2.05) is 28.9 Å². The predicted molar refractivity (Wildman–Crippen MR) is 104 cm³/mol. The lowest BCUT2D eigenvalue weighted by Gasteiger charge is -2.25. The maximum Gasteiger partial charge on any atom is 0.490 e. The first-order valence-electron chi connectivity index (χ1n) is 8.98. The number of hydrogen-bond acceptors (Lipinski definition) is 6. The van der Waals surface area contributed by atoms with Gasteiger partial charge in [0.15, 0.2) is 5.82 Å². The van der Waals surface area contributed by atoms with Crippen molar-refractivity contribution in [2.24, 2.45) is 0 Å². The van der Waals surface area contributed by atoms with E-state index in [2.05, 4.69) is 31.3 Å². The van der Waals surface area contributed by atoms with E-state index in [-0.39, 0.29) is 0 Å². The van der Waals surface area contributed by atoms with Crippen molar-refractivity contribution in [1.29, 1.82) is 0 Å². The number of carboxylic acids is 1. The number of nitrogens with one attached hydrogen (secondary N) is 1. The average Bonchev–Trinajstić information content (AvgIpc) is 3.08. The van der Waals surface area contributed by atoms with E-state index in [0.29, 0.717) is 19.2 Å². The topological polar surface area (TPSA) is 110 Å². The van der Waals surface area contributed by atoms with Gasteiger partial charge >= 0.3 is 12.1 Å². The standard InChI is InChI=1S/C16H21BrN4O2.C2HF3O2/c1-23-10-15-19-16-7-6-13(9-21(16)20-15)18-8-14(22)11-2-4-12(17)5-3-11;3-2(4,5)1(6)7/h2-5,13-14,18,22H,6-10H2,1H3;(H,6,7)/t13?,14-;/m1./s1. The predicted octanol–water partition coefficient (Wildman–Crippen LogP) is 2.46. The molecule has 12 heteroatoms. The summed E-state index contributed by atoms with van der Waals surface area (Å²) in [7, 11) is 1.65. The van der Waals surface area contributed by atoms with Crippen LogP contribution in [0.25, 0.3) is 0 Å². The molecule has 166 valence electrons. The number of aryl methyl sites for hydroxylation is 1. The number of carbonyl (C=O) groups is 1. The highest BCUT2D eigenvalue weighted by Gasteiger charge is 2.38. The summed E-state index contributed by atoms with van der Waals surface area (Å²) in [5, 5.41) is 25.3. The van der Waals surface area contributed by atoms with Gasteiger partial charge in [-0.15, -0.1) is 0 Å². The monoisotopic (exact) mass is 494 g/mol. The van der Waals surface area contributed by atoms with Crippen molar-refractivity contribution in [2.45, 2.75) is 44.3 Å². The molecule has 0 saturated heterocycles. The molecular formula is C18H22BrF3N4O4. The molecule has 0 fully saturated rings. The fourth-order valence-electron chi connectivity index (χ4n) is 2.80. The van der Waals surface area contributed by atoms with E-state index >= 15 is 0 Å². The van der Waals surface area contributed by atoms with Crippen LogP contribution < -0.4 is 5.32 Å². The lowest BCUT2D eigenvalue weighted by molar-refractivity contribution is -0.192. The summed E-state index contributed by atoms with van der Waals surface area (Å²) in [6.45, 7) is 1.75. The van der Waals surface area contributed by atoms with Gasteiger partial charge in [0.05, 0.1) is 12.6 Å². The Labute approximate surface area is 179 Å². The number of hydrogen-bond donors (Lipinski definition) is 3. The molecule has 0 saturated carbocycles. The number of halogens is 4. The fourth-order valence-corrected chi connectivity index (χ4v) is 3.06. The second-order valence-corrected chi connectivity index (χ2v) is 7.49. The Morgan fingerprint density at radius 2 is 2.03 bits per heavy atom. The Morgan fingerprint density at radius 3 is 2.60 bits per heavy atom. The maximum atomic E-state index is 10.6. The van der Waals surface area contributed by atoms with Gasteiger partial charge in [-0.05, 0) is 24.1 Å². The number of alkyl halides is 3. The molecule has 1 aliphatic rings. The quantitative estimate of drug-likeness (QED) is 0.565. The Balaban J connectivity index is 0.000000396. The molecule has 2 heterocycles. The van der Waals surface area contributed by atoms with Crippen molar-refractivity contribution < 1.29 is 32.9 Å². The summed E-state index contributed by atoms with van der Waals surface area (Å²) in [6, 6.07) is 8.05. The van der Waals surface area contributed by atoms with Crippen molar-refractivity contribution in [2.75, 3.05) is 13.7 Å². The minimum atomic E-state index is -5.08. The molecule has 1 aromatic heterocycles. The molecule has 1 aromatic carbocycles. The van der Waals surface area contributed by atoms with Crippen LogP contribution in [-0.2, 0) is 29.1 Å². The number of aliphatic hydroxyl groups is 1. The fraction of sp³-hybridized carbons (Fsp3) is 0.500. The van der Waals surface area contributed by atoms with Crippen molar-refractivity contribution in [3.8, 4) is 0 Å². The molecule has 1 aliphatic heterocycles. The molecule has 30 heavy (non-hydrogen) atoms. The van der Waals surface area contributed by atoms with Crippen LogP contribution in [0.4, 0.5) is 13.2 Å². The highest BCUT2D eigenvalue weighted by atomic mass is 79.9. The molecule has 0 radical (unpaired) electrons. The van der Waals surface area contributed by atoms with Crippen LogP contribution in [0.3, 0.4) is 0 Å². The van der Waals surface area contributed by atoms with E-state index in [0.717, 1.165) is 41.1 Å². The Hall–Kier alpha value is -2.02. The summed E-state index contributed by atoms with van der Waals surface area (Å²) in [6.07, 6.45) is -3.70.